The Bertz CT molecular complexity index is 260. The van der Waals surface area contributed by atoms with E-state index in [1.165, 1.54) is 0 Å². The second kappa shape index (κ2) is 3.59. The van der Waals surface area contributed by atoms with Crippen LogP contribution in [0.15, 0.2) is 0 Å². The van der Waals surface area contributed by atoms with Gasteiger partial charge in [-0.15, -0.1) is 0 Å². The lowest BCUT2D eigenvalue weighted by Crippen LogP contribution is -2.34. The van der Waals surface area contributed by atoms with Crippen molar-refractivity contribution in [3.8, 4) is 0 Å². The van der Waals surface area contributed by atoms with Crippen LogP contribution in [-0.2, 0) is 9.59 Å². The fraction of sp³-hybridized carbons (Fsp3) is 0.800. The highest BCUT2D eigenvalue weighted by atomic mass is 16.4. The van der Waals surface area contributed by atoms with Crippen molar-refractivity contribution < 1.29 is 14.7 Å². The molecule has 4 heteroatoms. The lowest BCUT2D eigenvalue weighted by Gasteiger charge is -2.11. The second-order valence-corrected chi connectivity index (χ2v) is 4.33. The summed E-state index contributed by atoms with van der Waals surface area (Å²) in [5, 5.41) is 11.7. The van der Waals surface area contributed by atoms with Crippen molar-refractivity contribution in [3.05, 3.63) is 0 Å². The summed E-state index contributed by atoms with van der Waals surface area (Å²) in [6.45, 7) is 0. The molecular weight excluding hydrogens is 182 g/mol. The molecule has 0 aromatic carbocycles. The molecule has 2 aliphatic carbocycles. The van der Waals surface area contributed by atoms with Gasteiger partial charge in [0.25, 0.3) is 0 Å². The first-order valence-electron chi connectivity index (χ1n) is 5.20. The molecule has 2 rings (SSSR count). The van der Waals surface area contributed by atoms with E-state index in [9.17, 15) is 9.59 Å². The molecule has 0 aromatic heterocycles. The van der Waals surface area contributed by atoms with E-state index in [0.717, 1.165) is 19.3 Å². The van der Waals surface area contributed by atoms with Crippen LogP contribution in [0.5, 0.6) is 0 Å². The summed E-state index contributed by atoms with van der Waals surface area (Å²) < 4.78 is 0. The van der Waals surface area contributed by atoms with Crippen LogP contribution in [0.4, 0.5) is 0 Å². The van der Waals surface area contributed by atoms with Crippen molar-refractivity contribution in [3.63, 3.8) is 0 Å². The van der Waals surface area contributed by atoms with Crippen molar-refractivity contribution in [1.29, 1.82) is 0 Å². The maximum atomic E-state index is 11.4. The topological polar surface area (TPSA) is 66.4 Å². The minimum Gasteiger partial charge on any atom is -0.481 e. The van der Waals surface area contributed by atoms with Crippen molar-refractivity contribution in [1.82, 2.24) is 5.32 Å². The van der Waals surface area contributed by atoms with Crippen LogP contribution in [0, 0.1) is 11.8 Å². The van der Waals surface area contributed by atoms with Crippen LogP contribution in [0.25, 0.3) is 0 Å². The van der Waals surface area contributed by atoms with E-state index in [2.05, 4.69) is 5.32 Å². The largest absolute Gasteiger partial charge is 0.481 e. The SMILES string of the molecule is O=C(O)C1CCC(NC(=O)C2CC2)C1. The molecule has 14 heavy (non-hydrogen) atoms. The Morgan fingerprint density at radius 3 is 2.21 bits per heavy atom. The van der Waals surface area contributed by atoms with Crippen LogP contribution in [-0.4, -0.2) is 23.0 Å². The fourth-order valence-electron chi connectivity index (χ4n) is 2.00. The third-order valence-electron chi connectivity index (χ3n) is 3.08. The zero-order chi connectivity index (χ0) is 10.1. The van der Waals surface area contributed by atoms with Gasteiger partial charge in [0.2, 0.25) is 5.91 Å². The maximum absolute atomic E-state index is 11.4. The average molecular weight is 197 g/mol. The van der Waals surface area contributed by atoms with Crippen LogP contribution < -0.4 is 5.32 Å². The molecule has 0 radical (unpaired) electrons. The van der Waals surface area contributed by atoms with Crippen LogP contribution >= 0.6 is 0 Å². The molecule has 1 amide bonds. The lowest BCUT2D eigenvalue weighted by atomic mass is 10.1. The molecule has 0 bridgehead atoms. The van der Waals surface area contributed by atoms with E-state index in [4.69, 9.17) is 5.11 Å². The van der Waals surface area contributed by atoms with E-state index in [1.807, 2.05) is 0 Å². The summed E-state index contributed by atoms with van der Waals surface area (Å²) in [6.07, 6.45) is 4.12. The number of carbonyl (C=O) groups is 2. The lowest BCUT2D eigenvalue weighted by molar-refractivity contribution is -0.141. The van der Waals surface area contributed by atoms with Gasteiger partial charge in [-0.25, -0.2) is 0 Å². The first kappa shape index (κ1) is 9.49. The van der Waals surface area contributed by atoms with Crippen molar-refractivity contribution in [2.24, 2.45) is 11.8 Å². The molecule has 0 spiro atoms. The number of amides is 1. The van der Waals surface area contributed by atoms with Crippen molar-refractivity contribution in [2.45, 2.75) is 38.1 Å². The minimum absolute atomic E-state index is 0.101. The number of carboxylic acid groups (broad SMARTS) is 1. The summed E-state index contributed by atoms with van der Waals surface area (Å²) in [6, 6.07) is 0.101. The van der Waals surface area contributed by atoms with Crippen molar-refractivity contribution >= 4 is 11.9 Å². The Morgan fingerprint density at radius 2 is 1.71 bits per heavy atom. The molecule has 2 unspecified atom stereocenters. The van der Waals surface area contributed by atoms with E-state index < -0.39 is 5.97 Å². The number of carboxylic acids is 1. The molecule has 2 aliphatic rings. The van der Waals surface area contributed by atoms with E-state index in [1.54, 1.807) is 0 Å². The molecule has 2 N–H and O–H groups in total. The smallest absolute Gasteiger partial charge is 0.306 e. The van der Waals surface area contributed by atoms with Gasteiger partial charge < -0.3 is 10.4 Å². The number of hydrogen-bond acceptors (Lipinski definition) is 2. The Morgan fingerprint density at radius 1 is 1.07 bits per heavy atom. The molecule has 78 valence electrons. The Labute approximate surface area is 82.7 Å². The predicted octanol–water partition coefficient (Wildman–Crippen LogP) is 0.766. The zero-order valence-electron chi connectivity index (χ0n) is 8.03. The summed E-state index contributed by atoms with van der Waals surface area (Å²) in [5.74, 6) is -0.632. The molecule has 2 saturated carbocycles. The van der Waals surface area contributed by atoms with Gasteiger partial charge in [-0.05, 0) is 32.1 Å². The highest BCUT2D eigenvalue weighted by Crippen LogP contribution is 2.31. The number of aliphatic carboxylic acids is 1. The molecule has 4 nitrogen and oxygen atoms in total. The first-order chi connectivity index (χ1) is 6.66. The predicted molar refractivity (Wildman–Crippen MR) is 49.6 cm³/mol. The first-order valence-corrected chi connectivity index (χ1v) is 5.20. The summed E-state index contributed by atoms with van der Waals surface area (Å²) in [4.78, 5) is 22.0. The Hall–Kier alpha value is -1.06. The highest BCUT2D eigenvalue weighted by Gasteiger charge is 2.34. The highest BCUT2D eigenvalue weighted by molar-refractivity contribution is 5.81. The number of hydrogen-bond donors (Lipinski definition) is 2. The van der Waals surface area contributed by atoms with Gasteiger partial charge in [0.05, 0.1) is 5.92 Å². The average Bonchev–Trinajstić information content (AvgIpc) is 2.87. The van der Waals surface area contributed by atoms with E-state index >= 15 is 0 Å². The molecule has 0 aromatic rings. The Balaban J connectivity index is 1.77. The van der Waals surface area contributed by atoms with Gasteiger partial charge in [-0.1, -0.05) is 0 Å². The van der Waals surface area contributed by atoms with Gasteiger partial charge in [0.15, 0.2) is 0 Å². The quantitative estimate of drug-likeness (QED) is 0.702. The molecule has 0 saturated heterocycles. The second-order valence-electron chi connectivity index (χ2n) is 4.33. The summed E-state index contributed by atoms with van der Waals surface area (Å²) in [7, 11) is 0. The van der Waals surface area contributed by atoms with Crippen LogP contribution in [0.2, 0.25) is 0 Å². The number of rotatable bonds is 3. The van der Waals surface area contributed by atoms with Crippen molar-refractivity contribution in [2.75, 3.05) is 0 Å². The molecular formula is C10H15NO3. The van der Waals surface area contributed by atoms with Crippen LogP contribution in [0.1, 0.15) is 32.1 Å². The third-order valence-corrected chi connectivity index (χ3v) is 3.08. The van der Waals surface area contributed by atoms with Gasteiger partial charge in [-0.3, -0.25) is 9.59 Å². The summed E-state index contributed by atoms with van der Waals surface area (Å²) >= 11 is 0. The maximum Gasteiger partial charge on any atom is 0.306 e. The molecule has 2 atom stereocenters. The van der Waals surface area contributed by atoms with Gasteiger partial charge in [-0.2, -0.15) is 0 Å². The van der Waals surface area contributed by atoms with Crippen LogP contribution in [0.3, 0.4) is 0 Å². The third kappa shape index (κ3) is 2.05. The normalized spacial score (nSPS) is 31.4. The standard InChI is InChI=1S/C10H15NO3/c12-9(6-1-2-6)11-8-4-3-7(5-8)10(13)14/h6-8H,1-5H2,(H,11,12)(H,13,14). The van der Waals surface area contributed by atoms with Gasteiger partial charge in [0, 0.05) is 12.0 Å². The number of carbonyl (C=O) groups excluding carboxylic acids is 1. The molecule has 2 fully saturated rings. The van der Waals surface area contributed by atoms with Gasteiger partial charge >= 0.3 is 5.97 Å². The monoisotopic (exact) mass is 197 g/mol. The molecule has 0 aliphatic heterocycles. The van der Waals surface area contributed by atoms with E-state index in [0.29, 0.717) is 12.8 Å². The Kier molecular flexibility index (Phi) is 2.44. The van der Waals surface area contributed by atoms with Gasteiger partial charge in [0.1, 0.15) is 0 Å². The fourth-order valence-corrected chi connectivity index (χ4v) is 2.00. The zero-order valence-corrected chi connectivity index (χ0v) is 8.03. The summed E-state index contributed by atoms with van der Waals surface area (Å²) in [5.41, 5.74) is 0. The minimum atomic E-state index is -0.729. The number of nitrogens with one attached hydrogen (secondary N) is 1. The van der Waals surface area contributed by atoms with E-state index in [-0.39, 0.29) is 23.8 Å². The molecule has 0 heterocycles.